The van der Waals surface area contributed by atoms with E-state index in [1.807, 2.05) is 6.08 Å². The Bertz CT molecular complexity index is 311. The standard InChI is InChI=1S/C18H33N/c1-8-13-19(15-18(5,6)7)14-12-17(4)11-9-10-16(2)3/h8,10,12H,1,9,11,13-15H2,2-7H3/b17-12+. The van der Waals surface area contributed by atoms with E-state index in [2.05, 4.69) is 65.2 Å². The van der Waals surface area contributed by atoms with Crippen molar-refractivity contribution in [1.82, 2.24) is 4.90 Å². The highest BCUT2D eigenvalue weighted by Gasteiger charge is 2.14. The summed E-state index contributed by atoms with van der Waals surface area (Å²) in [6.07, 6.45) is 9.01. The molecule has 0 spiro atoms. The van der Waals surface area contributed by atoms with Gasteiger partial charge < -0.3 is 0 Å². The van der Waals surface area contributed by atoms with Crippen LogP contribution in [0, 0.1) is 5.41 Å². The lowest BCUT2D eigenvalue weighted by molar-refractivity contribution is 0.225. The largest absolute Gasteiger partial charge is 0.296 e. The molecule has 0 amide bonds. The molecule has 0 saturated heterocycles. The van der Waals surface area contributed by atoms with Crippen molar-refractivity contribution in [3.63, 3.8) is 0 Å². The van der Waals surface area contributed by atoms with E-state index < -0.39 is 0 Å². The van der Waals surface area contributed by atoms with Gasteiger partial charge >= 0.3 is 0 Å². The van der Waals surface area contributed by atoms with Crippen LogP contribution in [0.3, 0.4) is 0 Å². The Hall–Kier alpha value is -0.820. The quantitative estimate of drug-likeness (QED) is 0.543. The molecule has 0 aromatic rings. The number of hydrogen-bond donors (Lipinski definition) is 0. The highest BCUT2D eigenvalue weighted by molar-refractivity contribution is 5.03. The van der Waals surface area contributed by atoms with E-state index in [4.69, 9.17) is 0 Å². The van der Waals surface area contributed by atoms with E-state index >= 15 is 0 Å². The number of nitrogens with zero attached hydrogens (tertiary/aromatic N) is 1. The van der Waals surface area contributed by atoms with Crippen molar-refractivity contribution in [2.45, 2.75) is 54.4 Å². The molecule has 0 N–H and O–H groups in total. The predicted molar refractivity (Wildman–Crippen MR) is 88.5 cm³/mol. The molecule has 0 aromatic heterocycles. The molecule has 0 bridgehead atoms. The van der Waals surface area contributed by atoms with Crippen LogP contribution in [-0.2, 0) is 0 Å². The molecule has 0 aliphatic carbocycles. The monoisotopic (exact) mass is 263 g/mol. The van der Waals surface area contributed by atoms with Crippen LogP contribution in [0.4, 0.5) is 0 Å². The second-order valence-corrected chi connectivity index (χ2v) is 6.91. The van der Waals surface area contributed by atoms with Crippen LogP contribution in [-0.4, -0.2) is 24.5 Å². The lowest BCUT2D eigenvalue weighted by atomic mass is 9.96. The highest BCUT2D eigenvalue weighted by atomic mass is 15.1. The molecule has 19 heavy (non-hydrogen) atoms. The first kappa shape index (κ1) is 18.2. The van der Waals surface area contributed by atoms with E-state index in [1.54, 1.807) is 0 Å². The van der Waals surface area contributed by atoms with Crippen molar-refractivity contribution in [3.8, 4) is 0 Å². The van der Waals surface area contributed by atoms with Crippen molar-refractivity contribution in [2.75, 3.05) is 19.6 Å². The third-order valence-electron chi connectivity index (χ3n) is 2.87. The maximum atomic E-state index is 3.86. The number of rotatable bonds is 8. The van der Waals surface area contributed by atoms with Gasteiger partial charge in [0, 0.05) is 19.6 Å². The Morgan fingerprint density at radius 2 is 1.68 bits per heavy atom. The van der Waals surface area contributed by atoms with Crippen LogP contribution in [0.2, 0.25) is 0 Å². The third kappa shape index (κ3) is 12.0. The molecule has 0 fully saturated rings. The molecule has 0 heterocycles. The lowest BCUT2D eigenvalue weighted by Crippen LogP contribution is -2.33. The van der Waals surface area contributed by atoms with Crippen LogP contribution in [0.15, 0.2) is 36.0 Å². The van der Waals surface area contributed by atoms with Crippen molar-refractivity contribution in [1.29, 1.82) is 0 Å². The second kappa shape index (κ2) is 9.14. The van der Waals surface area contributed by atoms with Crippen LogP contribution in [0.1, 0.15) is 54.4 Å². The van der Waals surface area contributed by atoms with Crippen LogP contribution in [0.5, 0.6) is 0 Å². The minimum Gasteiger partial charge on any atom is -0.296 e. The molecule has 0 atom stereocenters. The molecule has 0 saturated carbocycles. The highest BCUT2D eigenvalue weighted by Crippen LogP contribution is 2.15. The Labute approximate surface area is 121 Å². The predicted octanol–water partition coefficient (Wildman–Crippen LogP) is 5.21. The molecule has 0 radical (unpaired) electrons. The molecule has 0 aromatic carbocycles. The van der Waals surface area contributed by atoms with E-state index in [-0.39, 0.29) is 0 Å². The summed E-state index contributed by atoms with van der Waals surface area (Å²) < 4.78 is 0. The van der Waals surface area contributed by atoms with E-state index in [0.717, 1.165) is 26.1 Å². The third-order valence-corrected chi connectivity index (χ3v) is 2.87. The SMILES string of the molecule is C=CCN(C/C=C(\C)CCC=C(C)C)CC(C)(C)C. The molecular formula is C18H33N. The fourth-order valence-electron chi connectivity index (χ4n) is 2.03. The van der Waals surface area contributed by atoms with Crippen molar-refractivity contribution in [3.05, 3.63) is 36.0 Å². The van der Waals surface area contributed by atoms with Crippen molar-refractivity contribution >= 4 is 0 Å². The minimum absolute atomic E-state index is 0.340. The van der Waals surface area contributed by atoms with Gasteiger partial charge in [-0.15, -0.1) is 6.58 Å². The first-order valence-corrected chi connectivity index (χ1v) is 7.37. The smallest absolute Gasteiger partial charge is 0.0169 e. The maximum Gasteiger partial charge on any atom is 0.0169 e. The normalized spacial score (nSPS) is 12.7. The van der Waals surface area contributed by atoms with Gasteiger partial charge in [0.05, 0.1) is 0 Å². The molecule has 110 valence electrons. The second-order valence-electron chi connectivity index (χ2n) is 6.91. The van der Waals surface area contributed by atoms with E-state index in [9.17, 15) is 0 Å². The van der Waals surface area contributed by atoms with Gasteiger partial charge in [-0.3, -0.25) is 4.90 Å². The van der Waals surface area contributed by atoms with E-state index in [0.29, 0.717) is 5.41 Å². The minimum atomic E-state index is 0.340. The zero-order valence-corrected chi connectivity index (χ0v) is 13.9. The number of hydrogen-bond acceptors (Lipinski definition) is 1. The van der Waals surface area contributed by atoms with Crippen molar-refractivity contribution < 1.29 is 0 Å². The fraction of sp³-hybridized carbons (Fsp3) is 0.667. The fourth-order valence-corrected chi connectivity index (χ4v) is 2.03. The van der Waals surface area contributed by atoms with Gasteiger partial charge in [0.2, 0.25) is 0 Å². The summed E-state index contributed by atoms with van der Waals surface area (Å²) in [5.74, 6) is 0. The Morgan fingerprint density at radius 3 is 2.16 bits per heavy atom. The van der Waals surface area contributed by atoms with Gasteiger partial charge in [-0.25, -0.2) is 0 Å². The van der Waals surface area contributed by atoms with Crippen molar-refractivity contribution in [2.24, 2.45) is 5.41 Å². The zero-order valence-electron chi connectivity index (χ0n) is 13.9. The lowest BCUT2D eigenvalue weighted by Gasteiger charge is -2.28. The number of allylic oxidation sites excluding steroid dienone is 3. The van der Waals surface area contributed by atoms with Gasteiger partial charge in [-0.05, 0) is 39.0 Å². The summed E-state index contributed by atoms with van der Waals surface area (Å²) >= 11 is 0. The van der Waals surface area contributed by atoms with Crippen LogP contribution in [0.25, 0.3) is 0 Å². The summed E-state index contributed by atoms with van der Waals surface area (Å²) in [7, 11) is 0. The average molecular weight is 263 g/mol. The summed E-state index contributed by atoms with van der Waals surface area (Å²) in [5, 5.41) is 0. The molecular weight excluding hydrogens is 230 g/mol. The Kier molecular flexibility index (Phi) is 8.75. The van der Waals surface area contributed by atoms with E-state index in [1.165, 1.54) is 17.6 Å². The summed E-state index contributed by atoms with van der Waals surface area (Å²) in [5.41, 5.74) is 3.24. The van der Waals surface area contributed by atoms with Gasteiger partial charge in [-0.1, -0.05) is 50.1 Å². The van der Waals surface area contributed by atoms with Gasteiger partial charge in [0.15, 0.2) is 0 Å². The Balaban J connectivity index is 4.27. The Morgan fingerprint density at radius 1 is 1.05 bits per heavy atom. The first-order chi connectivity index (χ1) is 8.74. The van der Waals surface area contributed by atoms with Gasteiger partial charge in [0.1, 0.15) is 0 Å². The topological polar surface area (TPSA) is 3.24 Å². The van der Waals surface area contributed by atoms with Crippen LogP contribution < -0.4 is 0 Å². The summed E-state index contributed by atoms with van der Waals surface area (Å²) in [6, 6.07) is 0. The molecule has 1 heteroatoms. The first-order valence-electron chi connectivity index (χ1n) is 7.37. The van der Waals surface area contributed by atoms with Gasteiger partial charge in [0.25, 0.3) is 0 Å². The summed E-state index contributed by atoms with van der Waals surface area (Å²) in [4.78, 5) is 2.46. The molecule has 0 unspecified atom stereocenters. The zero-order chi connectivity index (χ0) is 14.9. The molecule has 0 aliphatic heterocycles. The molecule has 0 aliphatic rings. The summed E-state index contributed by atoms with van der Waals surface area (Å²) in [6.45, 7) is 20.4. The molecule has 1 nitrogen and oxygen atoms in total. The van der Waals surface area contributed by atoms with Gasteiger partial charge in [-0.2, -0.15) is 0 Å². The maximum absolute atomic E-state index is 3.86. The van der Waals surface area contributed by atoms with Crippen LogP contribution >= 0.6 is 0 Å². The molecule has 0 rings (SSSR count). The average Bonchev–Trinajstić information content (AvgIpc) is 2.23.